The van der Waals surface area contributed by atoms with Crippen molar-refractivity contribution in [3.05, 3.63) is 46.2 Å². The molecule has 40 heavy (non-hydrogen) atoms. The lowest BCUT2D eigenvalue weighted by Crippen LogP contribution is -2.37. The van der Waals surface area contributed by atoms with Crippen LogP contribution in [0.5, 0.6) is 0 Å². The molecule has 0 saturated carbocycles. The van der Waals surface area contributed by atoms with Crippen LogP contribution in [-0.2, 0) is 4.74 Å². The Bertz CT molecular complexity index is 1660. The Balaban J connectivity index is 0.000000356. The molecule has 13 heteroatoms. The van der Waals surface area contributed by atoms with Crippen molar-refractivity contribution >= 4 is 53.1 Å². The van der Waals surface area contributed by atoms with E-state index in [1.807, 2.05) is 29.2 Å². The van der Waals surface area contributed by atoms with E-state index in [9.17, 15) is 9.59 Å². The fourth-order valence-corrected chi connectivity index (χ4v) is 5.11. The highest BCUT2D eigenvalue weighted by atomic mass is 16.5. The maximum absolute atomic E-state index is 13.2. The minimum Gasteiger partial charge on any atom is -0.462 e. The minimum absolute atomic E-state index is 0. The summed E-state index contributed by atoms with van der Waals surface area (Å²) in [7, 11) is 0. The number of nitrogens with one attached hydrogen (secondary N) is 2. The Morgan fingerprint density at radius 1 is 1.10 bits per heavy atom. The molecule has 5 heterocycles. The number of fused-ring (bicyclic) bond motifs is 5. The van der Waals surface area contributed by atoms with E-state index < -0.39 is 11.4 Å². The van der Waals surface area contributed by atoms with Crippen molar-refractivity contribution in [3.63, 3.8) is 0 Å². The minimum atomic E-state index is -0.680. The monoisotopic (exact) mass is 538 g/mol. The molecule has 0 atom stereocenters. The lowest BCUT2D eigenvalue weighted by atomic mass is 9.45. The SMILES string of the molecule is C.CCOC(=O)c1c(=O)c2cnc(N3CCB(C#N)CC3)nc2n2c1[nH]c1ccccc12.N#CB1CCNCC1. The van der Waals surface area contributed by atoms with Crippen LogP contribution in [0.3, 0.4) is 0 Å². The maximum Gasteiger partial charge on any atom is 0.345 e. The van der Waals surface area contributed by atoms with Gasteiger partial charge in [-0.25, -0.2) is 20.3 Å². The van der Waals surface area contributed by atoms with Crippen molar-refractivity contribution in [3.8, 4) is 11.9 Å². The Labute approximate surface area is 233 Å². The molecule has 0 spiro atoms. The number of carbonyl (C=O) groups is 1. The number of benzene rings is 1. The summed E-state index contributed by atoms with van der Waals surface area (Å²) in [4.78, 5) is 40.2. The van der Waals surface area contributed by atoms with E-state index in [-0.39, 0.29) is 31.7 Å². The molecule has 0 aliphatic carbocycles. The molecule has 2 aliphatic rings. The van der Waals surface area contributed by atoms with Crippen molar-refractivity contribution in [2.75, 3.05) is 37.7 Å². The molecular weight excluding hydrogens is 506 g/mol. The summed E-state index contributed by atoms with van der Waals surface area (Å²) in [6, 6.07) is 7.54. The van der Waals surface area contributed by atoms with Crippen LogP contribution in [0.15, 0.2) is 35.3 Å². The molecule has 3 aromatic heterocycles. The number of hydrogen-bond acceptors (Lipinski definition) is 9. The summed E-state index contributed by atoms with van der Waals surface area (Å²) in [6.45, 7) is 5.65. The van der Waals surface area contributed by atoms with Crippen LogP contribution >= 0.6 is 0 Å². The van der Waals surface area contributed by atoms with Crippen LogP contribution in [0.2, 0.25) is 25.3 Å². The van der Waals surface area contributed by atoms with Gasteiger partial charge in [-0.2, -0.15) is 4.98 Å². The van der Waals surface area contributed by atoms with Crippen LogP contribution in [0.4, 0.5) is 5.95 Å². The van der Waals surface area contributed by atoms with E-state index in [0.29, 0.717) is 37.0 Å². The van der Waals surface area contributed by atoms with Gasteiger partial charge in [0, 0.05) is 31.2 Å². The number of aromatic nitrogens is 4. The van der Waals surface area contributed by atoms with Gasteiger partial charge in [-0.15, -0.1) is 0 Å². The lowest BCUT2D eigenvalue weighted by Gasteiger charge is -2.27. The largest absolute Gasteiger partial charge is 0.462 e. The first-order valence-corrected chi connectivity index (χ1v) is 13.3. The van der Waals surface area contributed by atoms with Gasteiger partial charge in [0.1, 0.15) is 11.2 Å². The number of nitrogens with zero attached hydrogens (tertiary/aromatic N) is 6. The summed E-state index contributed by atoms with van der Waals surface area (Å²) >= 11 is 0. The molecule has 0 bridgehead atoms. The second-order valence-electron chi connectivity index (χ2n) is 9.70. The van der Waals surface area contributed by atoms with Crippen LogP contribution in [0.25, 0.3) is 27.7 Å². The number of hydrogen-bond donors (Lipinski definition) is 2. The molecule has 0 unspecified atom stereocenters. The topological polar surface area (TPSA) is 152 Å². The number of pyridine rings is 1. The van der Waals surface area contributed by atoms with Crippen molar-refractivity contribution < 1.29 is 9.53 Å². The molecule has 204 valence electrons. The van der Waals surface area contributed by atoms with Crippen LogP contribution in [0, 0.1) is 22.5 Å². The predicted molar refractivity (Wildman–Crippen MR) is 158 cm³/mol. The number of anilines is 1. The molecule has 2 N–H and O–H groups in total. The summed E-state index contributed by atoms with van der Waals surface area (Å²) in [5.41, 5.74) is 1.82. The molecule has 0 radical (unpaired) electrons. The highest BCUT2D eigenvalue weighted by molar-refractivity contribution is 6.67. The summed E-state index contributed by atoms with van der Waals surface area (Å²) < 4.78 is 6.94. The Morgan fingerprint density at radius 2 is 1.77 bits per heavy atom. The zero-order valence-electron chi connectivity index (χ0n) is 21.8. The normalized spacial score (nSPS) is 15.1. The molecule has 2 saturated heterocycles. The molecule has 6 rings (SSSR count). The van der Waals surface area contributed by atoms with E-state index in [2.05, 4.69) is 27.2 Å². The van der Waals surface area contributed by atoms with Gasteiger partial charge < -0.3 is 19.9 Å². The second-order valence-corrected chi connectivity index (χ2v) is 9.70. The van der Waals surface area contributed by atoms with Gasteiger partial charge in [0.15, 0.2) is 5.65 Å². The number of H-pyrrole nitrogens is 1. The molecular formula is C27H32B2N8O3. The number of nitriles is 2. The van der Waals surface area contributed by atoms with Gasteiger partial charge in [0.05, 0.1) is 23.0 Å². The first kappa shape index (κ1) is 28.7. The first-order valence-electron chi connectivity index (χ1n) is 13.3. The Hall–Kier alpha value is -4.35. The second kappa shape index (κ2) is 12.7. The molecule has 4 aromatic rings. The van der Waals surface area contributed by atoms with Crippen molar-refractivity contribution in [2.24, 2.45) is 0 Å². The average Bonchev–Trinajstić information content (AvgIpc) is 3.37. The number of carbonyl (C=O) groups excluding carboxylic acids is 1. The summed E-state index contributed by atoms with van der Waals surface area (Å²) in [6.07, 6.45) is 5.06. The van der Waals surface area contributed by atoms with Crippen LogP contribution in [-0.4, -0.2) is 71.5 Å². The fraction of sp³-hybridized carbons (Fsp3) is 0.407. The average molecular weight is 538 g/mol. The van der Waals surface area contributed by atoms with Crippen molar-refractivity contribution in [2.45, 2.75) is 39.6 Å². The summed E-state index contributed by atoms with van der Waals surface area (Å²) in [5, 5.41) is 21.0. The number of aromatic amines is 1. The zero-order valence-corrected chi connectivity index (χ0v) is 21.8. The quantitative estimate of drug-likeness (QED) is 0.296. The molecule has 2 aliphatic heterocycles. The lowest BCUT2D eigenvalue weighted by molar-refractivity contribution is 0.0527. The number of para-hydroxylation sites is 2. The zero-order chi connectivity index (χ0) is 27.4. The number of esters is 1. The Kier molecular flexibility index (Phi) is 9.07. The fourth-order valence-electron chi connectivity index (χ4n) is 5.11. The van der Waals surface area contributed by atoms with E-state index >= 15 is 0 Å². The van der Waals surface area contributed by atoms with Gasteiger partial charge in [0.2, 0.25) is 11.4 Å². The van der Waals surface area contributed by atoms with Gasteiger partial charge >= 0.3 is 5.97 Å². The van der Waals surface area contributed by atoms with E-state index in [1.54, 1.807) is 11.3 Å². The maximum atomic E-state index is 13.2. The third-order valence-corrected chi connectivity index (χ3v) is 7.26. The van der Waals surface area contributed by atoms with Gasteiger partial charge in [0.25, 0.3) is 13.4 Å². The van der Waals surface area contributed by atoms with Crippen molar-refractivity contribution in [1.82, 2.24) is 24.7 Å². The first-order chi connectivity index (χ1) is 19.0. The van der Waals surface area contributed by atoms with Gasteiger partial charge in [-0.05, 0) is 57.4 Å². The highest BCUT2D eigenvalue weighted by Gasteiger charge is 2.27. The van der Waals surface area contributed by atoms with Crippen LogP contribution < -0.4 is 15.6 Å². The number of rotatable bonds is 3. The van der Waals surface area contributed by atoms with Gasteiger partial charge in [-0.3, -0.25) is 9.20 Å². The number of imidazole rings is 1. The standard InChI is InChI=1S/C21H19BN6O3.C5H9BN2.CH4/c1-2-31-20(30)16-17(29)13-11-24-21(27-9-7-22(12-23)8-10-27)26-18(13)28-15-6-4-3-5-14(15)25-19(16)28;7-5-6-1-3-8-4-2-6;/h3-6,11,25H,2,7-10H2,1H3;8H,1-4H2;1H4. The molecule has 2 fully saturated rings. The van der Waals surface area contributed by atoms with E-state index in [4.69, 9.17) is 20.2 Å². The molecule has 1 aromatic carbocycles. The summed E-state index contributed by atoms with van der Waals surface area (Å²) in [5.74, 6) is 4.41. The number of ether oxygens (including phenoxy) is 1. The molecule has 11 nitrogen and oxygen atoms in total. The molecule has 0 amide bonds. The Morgan fingerprint density at radius 3 is 2.42 bits per heavy atom. The third-order valence-electron chi connectivity index (χ3n) is 7.26. The van der Waals surface area contributed by atoms with E-state index in [1.165, 1.54) is 6.20 Å². The van der Waals surface area contributed by atoms with Crippen LogP contribution in [0.1, 0.15) is 24.7 Å². The third kappa shape index (κ3) is 5.51. The van der Waals surface area contributed by atoms with Gasteiger partial charge in [-0.1, -0.05) is 19.6 Å². The highest BCUT2D eigenvalue weighted by Crippen LogP contribution is 2.25. The smallest absolute Gasteiger partial charge is 0.345 e. The predicted octanol–water partition coefficient (Wildman–Crippen LogP) is 3.06. The van der Waals surface area contributed by atoms with Crippen molar-refractivity contribution in [1.29, 1.82) is 10.5 Å². The van der Waals surface area contributed by atoms with E-state index in [0.717, 1.165) is 49.4 Å².